The van der Waals surface area contributed by atoms with Gasteiger partial charge in [-0.1, -0.05) is 23.2 Å². The van der Waals surface area contributed by atoms with E-state index in [1.54, 1.807) is 12.1 Å². The highest BCUT2D eigenvalue weighted by Gasteiger charge is 2.08. The number of halogens is 4. The van der Waals surface area contributed by atoms with Crippen LogP contribution in [-0.2, 0) is 0 Å². The van der Waals surface area contributed by atoms with Gasteiger partial charge in [0.05, 0.1) is 10.2 Å². The minimum atomic E-state index is 0.354. The van der Waals surface area contributed by atoms with Gasteiger partial charge in [0.2, 0.25) is 0 Å². The van der Waals surface area contributed by atoms with Crippen LogP contribution in [0.15, 0.2) is 33.5 Å². The molecule has 7 heteroatoms. The molecular weight excluding hydrogens is 393 g/mol. The van der Waals surface area contributed by atoms with Crippen LogP contribution in [0.2, 0.25) is 10.2 Å². The van der Waals surface area contributed by atoms with Crippen molar-refractivity contribution in [3.05, 3.63) is 43.6 Å². The molecule has 0 saturated carbocycles. The molecule has 17 heavy (non-hydrogen) atoms. The fourth-order valence-electron chi connectivity index (χ4n) is 1.15. The Morgan fingerprint density at radius 1 is 1.12 bits per heavy atom. The van der Waals surface area contributed by atoms with Gasteiger partial charge in [0, 0.05) is 9.50 Å². The van der Waals surface area contributed by atoms with Crippen molar-refractivity contribution in [2.75, 3.05) is 5.32 Å². The summed E-state index contributed by atoms with van der Waals surface area (Å²) in [5.74, 6) is 0.591. The standard InChI is InChI=1S/C10H5Br2Cl2N3/c11-6-3-5(13)1-2-7(6)17-10-8(12)9(14)15-4-16-10/h1-4H,(H,15,16,17). The van der Waals surface area contributed by atoms with Gasteiger partial charge in [0.25, 0.3) is 0 Å². The summed E-state index contributed by atoms with van der Waals surface area (Å²) >= 11 is 18.5. The summed E-state index contributed by atoms with van der Waals surface area (Å²) in [5.41, 5.74) is 0.838. The van der Waals surface area contributed by atoms with E-state index in [1.807, 2.05) is 6.07 Å². The third-order valence-electron chi connectivity index (χ3n) is 1.93. The fourth-order valence-corrected chi connectivity index (χ4v) is 2.37. The van der Waals surface area contributed by atoms with E-state index in [0.29, 0.717) is 20.5 Å². The van der Waals surface area contributed by atoms with Gasteiger partial charge in [0.15, 0.2) is 0 Å². The van der Waals surface area contributed by atoms with E-state index < -0.39 is 0 Å². The zero-order valence-corrected chi connectivity index (χ0v) is 12.9. The SMILES string of the molecule is Clc1ccc(Nc2ncnc(Cl)c2Br)c(Br)c1. The van der Waals surface area contributed by atoms with E-state index in [-0.39, 0.29) is 0 Å². The normalized spacial score (nSPS) is 10.4. The van der Waals surface area contributed by atoms with Crippen molar-refractivity contribution in [3.63, 3.8) is 0 Å². The summed E-state index contributed by atoms with van der Waals surface area (Å²) in [5, 5.41) is 4.13. The first-order chi connectivity index (χ1) is 8.08. The molecule has 2 rings (SSSR count). The second-order valence-corrected chi connectivity index (χ2v) is 5.52. The van der Waals surface area contributed by atoms with Gasteiger partial charge < -0.3 is 5.32 Å². The average Bonchev–Trinajstić information content (AvgIpc) is 2.28. The van der Waals surface area contributed by atoms with Crippen molar-refractivity contribution in [3.8, 4) is 0 Å². The molecule has 0 aliphatic carbocycles. The van der Waals surface area contributed by atoms with Gasteiger partial charge in [-0.3, -0.25) is 0 Å². The zero-order chi connectivity index (χ0) is 12.4. The van der Waals surface area contributed by atoms with E-state index in [0.717, 1.165) is 10.2 Å². The van der Waals surface area contributed by atoms with Crippen LogP contribution in [0.25, 0.3) is 0 Å². The maximum atomic E-state index is 5.87. The van der Waals surface area contributed by atoms with Gasteiger partial charge in [0.1, 0.15) is 17.3 Å². The summed E-state index contributed by atoms with van der Waals surface area (Å²) < 4.78 is 1.45. The molecule has 0 radical (unpaired) electrons. The summed E-state index contributed by atoms with van der Waals surface area (Å²) in [6.45, 7) is 0. The smallest absolute Gasteiger partial charge is 0.149 e. The Hall–Kier alpha value is -0.360. The Kier molecular flexibility index (Phi) is 4.25. The molecule has 0 bridgehead atoms. The molecule has 0 spiro atoms. The van der Waals surface area contributed by atoms with Gasteiger partial charge in [-0.15, -0.1) is 0 Å². The lowest BCUT2D eigenvalue weighted by molar-refractivity contribution is 1.15. The van der Waals surface area contributed by atoms with Crippen molar-refractivity contribution in [1.82, 2.24) is 9.97 Å². The highest BCUT2D eigenvalue weighted by molar-refractivity contribution is 9.11. The molecule has 0 unspecified atom stereocenters. The Bertz CT molecular complexity index is 563. The molecule has 0 aliphatic heterocycles. The number of hydrogen-bond donors (Lipinski definition) is 1. The summed E-state index contributed by atoms with van der Waals surface area (Å²) in [7, 11) is 0. The van der Waals surface area contributed by atoms with E-state index in [4.69, 9.17) is 23.2 Å². The molecular formula is C10H5Br2Cl2N3. The highest BCUT2D eigenvalue weighted by atomic mass is 79.9. The Balaban J connectivity index is 2.35. The Morgan fingerprint density at radius 3 is 2.59 bits per heavy atom. The quantitative estimate of drug-likeness (QED) is 0.720. The third kappa shape index (κ3) is 3.10. The Labute approximate surface area is 125 Å². The van der Waals surface area contributed by atoms with Crippen LogP contribution in [-0.4, -0.2) is 9.97 Å². The van der Waals surface area contributed by atoms with Crippen LogP contribution >= 0.6 is 55.1 Å². The largest absolute Gasteiger partial charge is 0.338 e. The van der Waals surface area contributed by atoms with E-state index in [9.17, 15) is 0 Å². The van der Waals surface area contributed by atoms with E-state index >= 15 is 0 Å². The van der Waals surface area contributed by atoms with E-state index in [1.165, 1.54) is 6.33 Å². The number of anilines is 2. The second-order valence-electron chi connectivity index (χ2n) is 3.08. The van der Waals surface area contributed by atoms with E-state index in [2.05, 4.69) is 47.1 Å². The Morgan fingerprint density at radius 2 is 1.88 bits per heavy atom. The lowest BCUT2D eigenvalue weighted by atomic mass is 10.3. The maximum absolute atomic E-state index is 5.87. The van der Waals surface area contributed by atoms with Crippen molar-refractivity contribution < 1.29 is 0 Å². The number of hydrogen-bond acceptors (Lipinski definition) is 3. The molecule has 0 amide bonds. The van der Waals surface area contributed by atoms with Crippen molar-refractivity contribution in [2.24, 2.45) is 0 Å². The molecule has 1 N–H and O–H groups in total. The molecule has 1 aromatic carbocycles. The lowest BCUT2D eigenvalue weighted by Gasteiger charge is -2.09. The minimum Gasteiger partial charge on any atom is -0.338 e. The molecule has 2 aromatic rings. The summed E-state index contributed by atoms with van der Waals surface area (Å²) in [4.78, 5) is 7.94. The van der Waals surface area contributed by atoms with Crippen LogP contribution in [0.3, 0.4) is 0 Å². The van der Waals surface area contributed by atoms with Gasteiger partial charge in [-0.25, -0.2) is 9.97 Å². The first-order valence-electron chi connectivity index (χ1n) is 4.46. The monoisotopic (exact) mass is 395 g/mol. The topological polar surface area (TPSA) is 37.8 Å². The van der Waals surface area contributed by atoms with Crippen LogP contribution < -0.4 is 5.32 Å². The number of rotatable bonds is 2. The highest BCUT2D eigenvalue weighted by Crippen LogP contribution is 2.32. The van der Waals surface area contributed by atoms with Gasteiger partial charge >= 0.3 is 0 Å². The van der Waals surface area contributed by atoms with Gasteiger partial charge in [-0.05, 0) is 50.1 Å². The maximum Gasteiger partial charge on any atom is 0.149 e. The second kappa shape index (κ2) is 5.52. The number of aromatic nitrogens is 2. The predicted octanol–water partition coefficient (Wildman–Crippen LogP) is 5.05. The zero-order valence-electron chi connectivity index (χ0n) is 8.22. The molecule has 1 aromatic heterocycles. The van der Waals surface area contributed by atoms with Gasteiger partial charge in [-0.2, -0.15) is 0 Å². The fraction of sp³-hybridized carbons (Fsp3) is 0. The minimum absolute atomic E-state index is 0.354. The van der Waals surface area contributed by atoms with Crippen molar-refractivity contribution in [2.45, 2.75) is 0 Å². The molecule has 1 heterocycles. The molecule has 3 nitrogen and oxygen atoms in total. The van der Waals surface area contributed by atoms with Crippen LogP contribution in [0.1, 0.15) is 0 Å². The van der Waals surface area contributed by atoms with Crippen LogP contribution in [0.5, 0.6) is 0 Å². The molecule has 0 atom stereocenters. The van der Waals surface area contributed by atoms with Crippen molar-refractivity contribution in [1.29, 1.82) is 0 Å². The first kappa shape index (κ1) is 13.1. The third-order valence-corrected chi connectivity index (χ3v) is 4.09. The number of benzene rings is 1. The molecule has 88 valence electrons. The molecule has 0 aliphatic rings. The van der Waals surface area contributed by atoms with Crippen LogP contribution in [0.4, 0.5) is 11.5 Å². The molecule has 0 fully saturated rings. The number of nitrogens with zero attached hydrogens (tertiary/aromatic N) is 2. The summed E-state index contributed by atoms with van der Waals surface area (Å²) in [6, 6.07) is 5.42. The van der Waals surface area contributed by atoms with Crippen LogP contribution in [0, 0.1) is 0 Å². The number of nitrogens with one attached hydrogen (secondary N) is 1. The predicted molar refractivity (Wildman–Crippen MR) is 77.2 cm³/mol. The average molecular weight is 398 g/mol. The molecule has 0 saturated heterocycles. The summed E-state index contributed by atoms with van der Waals surface area (Å²) in [6.07, 6.45) is 1.39. The van der Waals surface area contributed by atoms with Crippen molar-refractivity contribution >= 4 is 66.6 Å². The lowest BCUT2D eigenvalue weighted by Crippen LogP contribution is -1.96. The first-order valence-corrected chi connectivity index (χ1v) is 6.80.